The van der Waals surface area contributed by atoms with Crippen LogP contribution in [-0.2, 0) is 9.53 Å². The van der Waals surface area contributed by atoms with Crippen LogP contribution in [0.1, 0.15) is 6.42 Å². The molecule has 122 valence electrons. The molecular weight excluding hydrogens is 336 g/mol. The molecule has 1 fully saturated rings. The lowest BCUT2D eigenvalue weighted by Gasteiger charge is -2.26. The van der Waals surface area contributed by atoms with Gasteiger partial charge in [0.2, 0.25) is 11.0 Å². The van der Waals surface area contributed by atoms with Gasteiger partial charge in [0, 0.05) is 31.6 Å². The number of rotatable bonds is 5. The van der Waals surface area contributed by atoms with Gasteiger partial charge in [-0.1, -0.05) is 41.1 Å². The quantitative estimate of drug-likeness (QED) is 0.895. The van der Waals surface area contributed by atoms with E-state index in [-0.39, 0.29) is 5.91 Å². The molecule has 1 aliphatic rings. The summed E-state index contributed by atoms with van der Waals surface area (Å²) >= 11 is 7.58. The normalized spacial score (nSPS) is 14.7. The number of hydrogen-bond acceptors (Lipinski definition) is 6. The van der Waals surface area contributed by atoms with Gasteiger partial charge < -0.3 is 15.0 Å². The zero-order valence-corrected chi connectivity index (χ0v) is 14.1. The summed E-state index contributed by atoms with van der Waals surface area (Å²) in [7, 11) is 0. The molecule has 0 radical (unpaired) electrons. The molecule has 0 spiro atoms. The first-order valence-electron chi connectivity index (χ1n) is 7.42. The Labute approximate surface area is 143 Å². The van der Waals surface area contributed by atoms with Gasteiger partial charge in [0.25, 0.3) is 0 Å². The monoisotopic (exact) mass is 352 g/mol. The number of ether oxygens (including phenoxy) is 1. The number of nitrogens with zero attached hydrogens (tertiary/aromatic N) is 3. The number of halogens is 1. The van der Waals surface area contributed by atoms with Crippen molar-refractivity contribution in [3.05, 3.63) is 29.3 Å². The lowest BCUT2D eigenvalue weighted by molar-refractivity contribution is -0.134. The highest BCUT2D eigenvalue weighted by Crippen LogP contribution is 2.31. The van der Waals surface area contributed by atoms with Crippen LogP contribution in [0.2, 0.25) is 5.02 Å². The predicted molar refractivity (Wildman–Crippen MR) is 90.9 cm³/mol. The van der Waals surface area contributed by atoms with Gasteiger partial charge in [-0.05, 0) is 6.07 Å². The molecule has 23 heavy (non-hydrogen) atoms. The molecule has 6 nitrogen and oxygen atoms in total. The van der Waals surface area contributed by atoms with E-state index in [1.54, 1.807) is 0 Å². The summed E-state index contributed by atoms with van der Waals surface area (Å²) in [5.74, 6) is 0.136. The molecule has 1 aliphatic heterocycles. The van der Waals surface area contributed by atoms with Crippen LogP contribution in [-0.4, -0.2) is 53.9 Å². The molecule has 0 aliphatic carbocycles. The van der Waals surface area contributed by atoms with Gasteiger partial charge in [-0.25, -0.2) is 0 Å². The fraction of sp³-hybridized carbons (Fsp3) is 0.400. The minimum absolute atomic E-state index is 0.136. The van der Waals surface area contributed by atoms with Crippen molar-refractivity contribution in [2.75, 3.05) is 38.2 Å². The number of aromatic nitrogens is 2. The van der Waals surface area contributed by atoms with Crippen molar-refractivity contribution >= 4 is 34.0 Å². The highest BCUT2D eigenvalue weighted by atomic mass is 35.5. The Kier molecular flexibility index (Phi) is 5.43. The van der Waals surface area contributed by atoms with Gasteiger partial charge in [0.1, 0.15) is 0 Å². The number of hydrogen-bond donors (Lipinski definition) is 1. The molecule has 2 aromatic rings. The van der Waals surface area contributed by atoms with E-state index in [4.69, 9.17) is 16.3 Å². The summed E-state index contributed by atoms with van der Waals surface area (Å²) in [6, 6.07) is 7.53. The van der Waals surface area contributed by atoms with E-state index in [1.165, 1.54) is 11.3 Å². The Morgan fingerprint density at radius 2 is 2.09 bits per heavy atom. The minimum Gasteiger partial charge on any atom is -0.378 e. The Morgan fingerprint density at radius 3 is 2.87 bits per heavy atom. The lowest BCUT2D eigenvalue weighted by atomic mass is 10.2. The fourth-order valence-corrected chi connectivity index (χ4v) is 3.38. The zero-order chi connectivity index (χ0) is 16.1. The molecule has 1 N–H and O–H groups in total. The van der Waals surface area contributed by atoms with Crippen LogP contribution in [0, 0.1) is 0 Å². The maximum atomic E-state index is 12.0. The zero-order valence-electron chi connectivity index (χ0n) is 12.5. The summed E-state index contributed by atoms with van der Waals surface area (Å²) in [6.45, 7) is 3.13. The molecule has 0 unspecified atom stereocenters. The summed E-state index contributed by atoms with van der Waals surface area (Å²) in [5, 5.41) is 13.5. The number of nitrogens with one attached hydrogen (secondary N) is 1. The third-order valence-electron chi connectivity index (χ3n) is 3.51. The van der Waals surface area contributed by atoms with E-state index in [2.05, 4.69) is 15.5 Å². The first-order chi connectivity index (χ1) is 11.2. The maximum Gasteiger partial charge on any atom is 0.224 e. The summed E-state index contributed by atoms with van der Waals surface area (Å²) < 4.78 is 5.24. The second-order valence-electron chi connectivity index (χ2n) is 5.06. The molecule has 2 heterocycles. The minimum atomic E-state index is 0.136. The number of anilines is 1. The van der Waals surface area contributed by atoms with Crippen LogP contribution in [0.5, 0.6) is 0 Å². The average Bonchev–Trinajstić information content (AvgIpc) is 3.04. The van der Waals surface area contributed by atoms with Crippen molar-refractivity contribution in [3.8, 4) is 10.6 Å². The number of carbonyl (C=O) groups is 1. The topological polar surface area (TPSA) is 67.4 Å². The van der Waals surface area contributed by atoms with Crippen LogP contribution in [0.25, 0.3) is 10.6 Å². The molecule has 0 atom stereocenters. The van der Waals surface area contributed by atoms with E-state index in [0.717, 1.165) is 10.6 Å². The molecule has 0 saturated carbocycles. The van der Waals surface area contributed by atoms with Crippen molar-refractivity contribution in [2.24, 2.45) is 0 Å². The van der Waals surface area contributed by atoms with E-state index in [0.29, 0.717) is 49.4 Å². The van der Waals surface area contributed by atoms with Crippen LogP contribution < -0.4 is 5.32 Å². The summed E-state index contributed by atoms with van der Waals surface area (Å²) in [5.41, 5.74) is 0.865. The lowest BCUT2D eigenvalue weighted by Crippen LogP contribution is -2.41. The molecule has 1 amide bonds. The number of amides is 1. The molecule has 0 bridgehead atoms. The van der Waals surface area contributed by atoms with E-state index in [1.807, 2.05) is 29.2 Å². The molecule has 1 aromatic heterocycles. The smallest absolute Gasteiger partial charge is 0.224 e. The molecule has 8 heteroatoms. The molecular formula is C15H17ClN4O2S. The molecule has 1 aromatic carbocycles. The predicted octanol–water partition coefficient (Wildman–Crippen LogP) is 2.52. The largest absolute Gasteiger partial charge is 0.378 e. The first kappa shape index (κ1) is 16.2. The van der Waals surface area contributed by atoms with Crippen LogP contribution in [0.3, 0.4) is 0 Å². The fourth-order valence-electron chi connectivity index (χ4n) is 2.29. The van der Waals surface area contributed by atoms with Gasteiger partial charge in [0.15, 0.2) is 5.01 Å². The maximum absolute atomic E-state index is 12.0. The van der Waals surface area contributed by atoms with Gasteiger partial charge in [-0.3, -0.25) is 4.79 Å². The number of morpholine rings is 1. The third kappa shape index (κ3) is 4.19. The summed E-state index contributed by atoms with van der Waals surface area (Å²) in [4.78, 5) is 13.9. The van der Waals surface area contributed by atoms with Crippen molar-refractivity contribution in [2.45, 2.75) is 6.42 Å². The highest BCUT2D eigenvalue weighted by molar-refractivity contribution is 7.18. The highest BCUT2D eigenvalue weighted by Gasteiger charge is 2.16. The van der Waals surface area contributed by atoms with Crippen LogP contribution >= 0.6 is 22.9 Å². The van der Waals surface area contributed by atoms with Crippen molar-refractivity contribution < 1.29 is 9.53 Å². The standard InChI is InChI=1S/C15H17ClN4O2S/c16-12-4-2-1-3-11(12)14-18-19-15(23-14)17-6-5-13(21)20-7-9-22-10-8-20/h1-4H,5-10H2,(H,17,19). The molecule has 3 rings (SSSR count). The van der Waals surface area contributed by atoms with Gasteiger partial charge in [-0.2, -0.15) is 0 Å². The first-order valence-corrected chi connectivity index (χ1v) is 8.61. The third-order valence-corrected chi connectivity index (χ3v) is 4.75. The van der Waals surface area contributed by atoms with E-state index in [9.17, 15) is 4.79 Å². The van der Waals surface area contributed by atoms with Crippen molar-refractivity contribution in [1.82, 2.24) is 15.1 Å². The van der Waals surface area contributed by atoms with Gasteiger partial charge in [0.05, 0.1) is 18.2 Å². The second-order valence-corrected chi connectivity index (χ2v) is 6.45. The Morgan fingerprint density at radius 1 is 1.30 bits per heavy atom. The van der Waals surface area contributed by atoms with Gasteiger partial charge >= 0.3 is 0 Å². The van der Waals surface area contributed by atoms with Crippen LogP contribution in [0.15, 0.2) is 24.3 Å². The Balaban J connectivity index is 1.51. The number of benzene rings is 1. The van der Waals surface area contributed by atoms with E-state index >= 15 is 0 Å². The van der Waals surface area contributed by atoms with Crippen molar-refractivity contribution in [1.29, 1.82) is 0 Å². The average molecular weight is 353 g/mol. The van der Waals surface area contributed by atoms with Gasteiger partial charge in [-0.15, -0.1) is 10.2 Å². The second kappa shape index (κ2) is 7.72. The summed E-state index contributed by atoms with van der Waals surface area (Å²) in [6.07, 6.45) is 0.432. The Bertz CT molecular complexity index is 673. The van der Waals surface area contributed by atoms with Crippen LogP contribution in [0.4, 0.5) is 5.13 Å². The molecule has 1 saturated heterocycles. The van der Waals surface area contributed by atoms with Crippen molar-refractivity contribution in [3.63, 3.8) is 0 Å². The van der Waals surface area contributed by atoms with E-state index < -0.39 is 0 Å². The SMILES string of the molecule is O=C(CCNc1nnc(-c2ccccc2Cl)s1)N1CCOCC1. The number of carbonyl (C=O) groups excluding carboxylic acids is 1. The Hall–Kier alpha value is -1.70.